The first-order chi connectivity index (χ1) is 17.5. The second kappa shape index (κ2) is 7.56. The van der Waals surface area contributed by atoms with Crippen molar-refractivity contribution in [3.05, 3.63) is 109 Å². The van der Waals surface area contributed by atoms with Crippen molar-refractivity contribution in [3.63, 3.8) is 0 Å². The smallest absolute Gasteiger partial charge is 0.0541 e. The van der Waals surface area contributed by atoms with Gasteiger partial charge in [-0.2, -0.15) is 0 Å². The molecule has 0 radical (unpaired) electrons. The van der Waals surface area contributed by atoms with Gasteiger partial charge in [0, 0.05) is 56.2 Å². The number of hydrogen-bond donors (Lipinski definition) is 0. The predicted octanol–water partition coefficient (Wildman–Crippen LogP) is 8.71. The van der Waals surface area contributed by atoms with E-state index in [1.807, 2.05) is 12.4 Å². The zero-order valence-corrected chi connectivity index (χ0v) is 20.7. The van der Waals surface area contributed by atoms with Gasteiger partial charge in [0.15, 0.2) is 0 Å². The molecule has 0 atom stereocenters. The van der Waals surface area contributed by atoms with Crippen LogP contribution in [0.3, 0.4) is 0 Å². The highest BCUT2D eigenvalue weighted by Gasteiger charge is 2.21. The third-order valence-corrected chi connectivity index (χ3v) is 7.27. The Hall–Kier alpha value is -4.37. The highest BCUT2D eigenvalue weighted by molar-refractivity contribution is 6.12. The molecule has 0 aliphatic heterocycles. The summed E-state index contributed by atoms with van der Waals surface area (Å²) in [7, 11) is 0. The minimum Gasteiger partial charge on any atom is -0.335 e. The summed E-state index contributed by atoms with van der Waals surface area (Å²) in [4.78, 5) is 4.22. The highest BCUT2D eigenvalue weighted by Crippen LogP contribution is 2.38. The van der Waals surface area contributed by atoms with Crippen molar-refractivity contribution >= 4 is 43.6 Å². The molecular weight excluding hydrogens is 438 g/mol. The van der Waals surface area contributed by atoms with Gasteiger partial charge in [-0.3, -0.25) is 4.98 Å². The van der Waals surface area contributed by atoms with Crippen LogP contribution in [0.5, 0.6) is 0 Å². The number of pyridine rings is 1. The molecule has 0 saturated carbocycles. The van der Waals surface area contributed by atoms with Gasteiger partial charge < -0.3 is 9.13 Å². The molecule has 0 aliphatic rings. The summed E-state index contributed by atoms with van der Waals surface area (Å²) in [5.41, 5.74) is 8.57. The first-order valence-corrected chi connectivity index (χ1v) is 12.5. The molecule has 0 spiro atoms. The first kappa shape index (κ1) is 21.0. The standard InChI is InChI=1S/C33H27N3/c1-33(2,3)36-31-11-7-5-9-26(31)28-21-23(13-15-32(28)36)22-12-14-30-27(20-22)25-8-4-6-10-29(25)35(30)24-16-18-34-19-17-24/h4-21H,1-3H3. The maximum Gasteiger partial charge on any atom is 0.0541 e. The first-order valence-electron chi connectivity index (χ1n) is 12.5. The average molecular weight is 466 g/mol. The summed E-state index contributed by atoms with van der Waals surface area (Å²) in [6.07, 6.45) is 3.71. The van der Waals surface area contributed by atoms with E-state index in [0.717, 1.165) is 5.69 Å². The fourth-order valence-electron chi connectivity index (χ4n) is 5.80. The van der Waals surface area contributed by atoms with Gasteiger partial charge in [-0.1, -0.05) is 48.5 Å². The zero-order valence-electron chi connectivity index (χ0n) is 20.7. The molecule has 0 aliphatic carbocycles. The summed E-state index contributed by atoms with van der Waals surface area (Å²) in [5.74, 6) is 0. The van der Waals surface area contributed by atoms with E-state index in [1.165, 1.54) is 54.7 Å². The maximum absolute atomic E-state index is 4.22. The summed E-state index contributed by atoms with van der Waals surface area (Å²) < 4.78 is 4.79. The lowest BCUT2D eigenvalue weighted by molar-refractivity contribution is 0.423. The molecule has 7 rings (SSSR count). The van der Waals surface area contributed by atoms with Gasteiger partial charge in [-0.15, -0.1) is 0 Å². The van der Waals surface area contributed by atoms with Crippen LogP contribution in [0.4, 0.5) is 0 Å². The third-order valence-electron chi connectivity index (χ3n) is 7.27. The molecular formula is C33H27N3. The van der Waals surface area contributed by atoms with Crippen LogP contribution in [0.15, 0.2) is 109 Å². The van der Waals surface area contributed by atoms with Crippen molar-refractivity contribution in [2.75, 3.05) is 0 Å². The van der Waals surface area contributed by atoms with Crippen molar-refractivity contribution in [2.24, 2.45) is 0 Å². The van der Waals surface area contributed by atoms with Crippen LogP contribution in [-0.2, 0) is 5.54 Å². The summed E-state index contributed by atoms with van der Waals surface area (Å²) in [6, 6.07) is 35.3. The number of aromatic nitrogens is 3. The van der Waals surface area contributed by atoms with Gasteiger partial charge in [-0.25, -0.2) is 0 Å². The van der Waals surface area contributed by atoms with E-state index in [-0.39, 0.29) is 5.54 Å². The molecule has 36 heavy (non-hydrogen) atoms. The van der Waals surface area contributed by atoms with Crippen LogP contribution in [0.25, 0.3) is 60.4 Å². The molecule has 0 unspecified atom stereocenters. The Kier molecular flexibility index (Phi) is 4.40. The molecule has 3 heterocycles. The Balaban J connectivity index is 1.48. The van der Waals surface area contributed by atoms with Crippen LogP contribution in [0.2, 0.25) is 0 Å². The second-order valence-corrected chi connectivity index (χ2v) is 10.5. The topological polar surface area (TPSA) is 22.8 Å². The van der Waals surface area contributed by atoms with E-state index < -0.39 is 0 Å². The van der Waals surface area contributed by atoms with Gasteiger partial charge in [0.2, 0.25) is 0 Å². The number of benzene rings is 4. The minimum atomic E-state index is -0.00341. The molecule has 0 fully saturated rings. The van der Waals surface area contributed by atoms with E-state index in [0.29, 0.717) is 0 Å². The normalized spacial score (nSPS) is 12.3. The lowest BCUT2D eigenvalue weighted by Crippen LogP contribution is -2.21. The maximum atomic E-state index is 4.22. The average Bonchev–Trinajstić information content (AvgIpc) is 3.41. The number of nitrogens with zero attached hydrogens (tertiary/aromatic N) is 3. The molecule has 7 aromatic rings. The Morgan fingerprint density at radius 2 is 1.03 bits per heavy atom. The monoisotopic (exact) mass is 465 g/mol. The Bertz CT molecular complexity index is 1910. The van der Waals surface area contributed by atoms with Crippen molar-refractivity contribution < 1.29 is 0 Å². The minimum absolute atomic E-state index is 0.00341. The van der Waals surface area contributed by atoms with Gasteiger partial charge in [0.1, 0.15) is 0 Å². The van der Waals surface area contributed by atoms with E-state index in [9.17, 15) is 0 Å². The Morgan fingerprint density at radius 3 is 1.69 bits per heavy atom. The summed E-state index contributed by atoms with van der Waals surface area (Å²) in [5, 5.41) is 5.13. The van der Waals surface area contributed by atoms with E-state index >= 15 is 0 Å². The summed E-state index contributed by atoms with van der Waals surface area (Å²) in [6.45, 7) is 6.83. The van der Waals surface area contributed by atoms with Gasteiger partial charge in [0.05, 0.1) is 11.0 Å². The zero-order chi connectivity index (χ0) is 24.4. The van der Waals surface area contributed by atoms with Crippen LogP contribution in [-0.4, -0.2) is 14.1 Å². The van der Waals surface area contributed by atoms with Crippen molar-refractivity contribution in [1.82, 2.24) is 14.1 Å². The lowest BCUT2D eigenvalue weighted by Gasteiger charge is -2.24. The van der Waals surface area contributed by atoms with Crippen LogP contribution in [0, 0.1) is 0 Å². The fraction of sp³-hybridized carbons (Fsp3) is 0.121. The molecule has 0 saturated heterocycles. The largest absolute Gasteiger partial charge is 0.335 e. The Morgan fingerprint density at radius 1 is 0.528 bits per heavy atom. The molecule has 3 aromatic heterocycles. The van der Waals surface area contributed by atoms with Gasteiger partial charge in [0.25, 0.3) is 0 Å². The van der Waals surface area contributed by atoms with E-state index in [1.54, 1.807) is 0 Å². The summed E-state index contributed by atoms with van der Waals surface area (Å²) >= 11 is 0. The highest BCUT2D eigenvalue weighted by atomic mass is 15.0. The number of hydrogen-bond acceptors (Lipinski definition) is 1. The fourth-order valence-corrected chi connectivity index (χ4v) is 5.80. The van der Waals surface area contributed by atoms with Crippen LogP contribution in [0.1, 0.15) is 20.8 Å². The van der Waals surface area contributed by atoms with Crippen LogP contribution < -0.4 is 0 Å². The van der Waals surface area contributed by atoms with Crippen molar-refractivity contribution in [2.45, 2.75) is 26.3 Å². The molecule has 3 nitrogen and oxygen atoms in total. The Labute approximate surface area is 210 Å². The molecule has 0 bridgehead atoms. The van der Waals surface area contributed by atoms with E-state index in [4.69, 9.17) is 0 Å². The van der Waals surface area contributed by atoms with Gasteiger partial charge in [-0.05, 0) is 80.4 Å². The molecule has 0 N–H and O–H groups in total. The quantitative estimate of drug-likeness (QED) is 0.250. The predicted molar refractivity (Wildman–Crippen MR) is 152 cm³/mol. The van der Waals surface area contributed by atoms with Crippen LogP contribution >= 0.6 is 0 Å². The number of rotatable bonds is 2. The lowest BCUT2D eigenvalue weighted by atomic mass is 10.0. The van der Waals surface area contributed by atoms with E-state index in [2.05, 4.69) is 132 Å². The third kappa shape index (κ3) is 3.02. The molecule has 3 heteroatoms. The molecule has 174 valence electrons. The number of para-hydroxylation sites is 2. The second-order valence-electron chi connectivity index (χ2n) is 10.5. The SMILES string of the molecule is CC(C)(C)n1c2ccccc2c2cc(-c3ccc4c(c3)c3ccccc3n4-c3ccncc3)ccc21. The van der Waals surface area contributed by atoms with Gasteiger partial charge >= 0.3 is 0 Å². The van der Waals surface area contributed by atoms with Crippen molar-refractivity contribution in [3.8, 4) is 16.8 Å². The molecule has 4 aromatic carbocycles. The molecule has 0 amide bonds. The van der Waals surface area contributed by atoms with Crippen molar-refractivity contribution in [1.29, 1.82) is 0 Å². The number of fused-ring (bicyclic) bond motifs is 6.